The third-order valence-electron chi connectivity index (χ3n) is 3.45. The van der Waals surface area contributed by atoms with Crippen LogP contribution in [0.2, 0.25) is 0 Å². The summed E-state index contributed by atoms with van der Waals surface area (Å²) >= 11 is 0. The van der Waals surface area contributed by atoms with Gasteiger partial charge in [0.05, 0.1) is 0 Å². The van der Waals surface area contributed by atoms with Crippen LogP contribution in [0.5, 0.6) is 0 Å². The molecule has 1 aliphatic rings. The first-order valence-corrected chi connectivity index (χ1v) is 6.50. The molecule has 1 aliphatic heterocycles. The molecule has 1 N–H and O–H groups in total. The van der Waals surface area contributed by atoms with Gasteiger partial charge in [0.25, 0.3) is 0 Å². The molecule has 1 fully saturated rings. The van der Waals surface area contributed by atoms with Crippen molar-refractivity contribution in [3.63, 3.8) is 0 Å². The van der Waals surface area contributed by atoms with Gasteiger partial charge in [0, 0.05) is 44.8 Å². The second-order valence-corrected chi connectivity index (χ2v) is 5.05. The molecule has 104 valence electrons. The van der Waals surface area contributed by atoms with Crippen LogP contribution in [0.3, 0.4) is 0 Å². The second kappa shape index (κ2) is 6.12. The number of halogens is 1. The topological polar surface area (TPSA) is 35.6 Å². The highest BCUT2D eigenvalue weighted by Gasteiger charge is 2.21. The van der Waals surface area contributed by atoms with Crippen molar-refractivity contribution >= 4 is 11.6 Å². The number of rotatable bonds is 3. The first-order valence-electron chi connectivity index (χ1n) is 6.50. The fourth-order valence-electron chi connectivity index (χ4n) is 2.30. The molecule has 19 heavy (non-hydrogen) atoms. The summed E-state index contributed by atoms with van der Waals surface area (Å²) in [5.41, 5.74) is 0.592. The highest BCUT2D eigenvalue weighted by molar-refractivity contribution is 5.93. The SMILES string of the molecule is CN1CCNC(CC(=O)N(C)c2cccc(F)c2)C1. The second-order valence-electron chi connectivity index (χ2n) is 5.05. The third kappa shape index (κ3) is 3.75. The van der Waals surface area contributed by atoms with Crippen LogP contribution in [0, 0.1) is 5.82 Å². The van der Waals surface area contributed by atoms with Crippen molar-refractivity contribution in [2.45, 2.75) is 12.5 Å². The third-order valence-corrected chi connectivity index (χ3v) is 3.45. The van der Waals surface area contributed by atoms with Crippen molar-refractivity contribution in [2.75, 3.05) is 38.6 Å². The molecule has 1 saturated heterocycles. The maximum atomic E-state index is 13.1. The first-order chi connectivity index (χ1) is 9.06. The molecule has 1 atom stereocenters. The normalized spacial score (nSPS) is 20.3. The number of hydrogen-bond acceptors (Lipinski definition) is 3. The van der Waals surface area contributed by atoms with E-state index in [-0.39, 0.29) is 17.8 Å². The van der Waals surface area contributed by atoms with E-state index in [9.17, 15) is 9.18 Å². The van der Waals surface area contributed by atoms with E-state index in [0.29, 0.717) is 12.1 Å². The smallest absolute Gasteiger partial charge is 0.228 e. The van der Waals surface area contributed by atoms with Gasteiger partial charge in [-0.25, -0.2) is 4.39 Å². The van der Waals surface area contributed by atoms with Crippen molar-refractivity contribution < 1.29 is 9.18 Å². The summed E-state index contributed by atoms with van der Waals surface area (Å²) in [4.78, 5) is 15.9. The van der Waals surface area contributed by atoms with E-state index < -0.39 is 0 Å². The fourth-order valence-corrected chi connectivity index (χ4v) is 2.30. The Bertz CT molecular complexity index is 452. The van der Waals surface area contributed by atoms with Crippen molar-refractivity contribution in [1.82, 2.24) is 10.2 Å². The molecule has 1 aromatic carbocycles. The number of benzene rings is 1. The minimum Gasteiger partial charge on any atom is -0.315 e. The van der Waals surface area contributed by atoms with Crippen molar-refractivity contribution in [3.8, 4) is 0 Å². The number of anilines is 1. The van der Waals surface area contributed by atoms with E-state index in [0.717, 1.165) is 19.6 Å². The van der Waals surface area contributed by atoms with Gasteiger partial charge in [0.1, 0.15) is 5.82 Å². The fraction of sp³-hybridized carbons (Fsp3) is 0.500. The summed E-state index contributed by atoms with van der Waals surface area (Å²) in [5, 5.41) is 3.33. The van der Waals surface area contributed by atoms with E-state index in [1.54, 1.807) is 19.2 Å². The summed E-state index contributed by atoms with van der Waals surface area (Å²) in [7, 11) is 3.73. The van der Waals surface area contributed by atoms with E-state index in [1.165, 1.54) is 17.0 Å². The van der Waals surface area contributed by atoms with Crippen molar-refractivity contribution in [3.05, 3.63) is 30.1 Å². The minimum absolute atomic E-state index is 0.00148. The Balaban J connectivity index is 1.95. The van der Waals surface area contributed by atoms with Gasteiger partial charge in [0.15, 0.2) is 0 Å². The van der Waals surface area contributed by atoms with Crippen molar-refractivity contribution in [1.29, 1.82) is 0 Å². The maximum absolute atomic E-state index is 13.1. The van der Waals surface area contributed by atoms with Gasteiger partial charge >= 0.3 is 0 Å². The minimum atomic E-state index is -0.326. The number of nitrogens with one attached hydrogen (secondary N) is 1. The highest BCUT2D eigenvalue weighted by Crippen LogP contribution is 2.15. The summed E-state index contributed by atoms with van der Waals surface area (Å²) in [6, 6.07) is 6.27. The lowest BCUT2D eigenvalue weighted by atomic mass is 10.1. The average molecular weight is 265 g/mol. The Kier molecular flexibility index (Phi) is 4.50. The Morgan fingerprint density at radius 2 is 2.37 bits per heavy atom. The molecule has 5 heteroatoms. The number of nitrogens with zero attached hydrogens (tertiary/aromatic N) is 2. The number of likely N-dealkylation sites (N-methyl/N-ethyl adjacent to an activating group) is 1. The zero-order valence-corrected chi connectivity index (χ0v) is 11.4. The van der Waals surface area contributed by atoms with Gasteiger partial charge in [-0.2, -0.15) is 0 Å². The standard InChI is InChI=1S/C14H20FN3O/c1-17-7-6-16-12(10-17)9-14(19)18(2)13-5-3-4-11(15)8-13/h3-5,8,12,16H,6-7,9-10H2,1-2H3. The summed E-state index contributed by atoms with van der Waals surface area (Å²) < 4.78 is 13.1. The van der Waals surface area contributed by atoms with Crippen LogP contribution in [0.15, 0.2) is 24.3 Å². The quantitative estimate of drug-likeness (QED) is 0.888. The zero-order chi connectivity index (χ0) is 13.8. The monoisotopic (exact) mass is 265 g/mol. The molecule has 0 radical (unpaired) electrons. The van der Waals surface area contributed by atoms with E-state index in [4.69, 9.17) is 0 Å². The van der Waals surface area contributed by atoms with Crippen LogP contribution in [-0.4, -0.2) is 50.6 Å². The average Bonchev–Trinajstić information content (AvgIpc) is 2.38. The summed E-state index contributed by atoms with van der Waals surface area (Å²) in [6.45, 7) is 2.77. The molecule has 1 aromatic rings. The van der Waals surface area contributed by atoms with Gasteiger partial charge in [-0.3, -0.25) is 4.79 Å². The Morgan fingerprint density at radius 1 is 1.58 bits per heavy atom. The number of carbonyl (C=O) groups is 1. The lowest BCUT2D eigenvalue weighted by Crippen LogP contribution is -2.50. The van der Waals surface area contributed by atoms with Crippen LogP contribution < -0.4 is 10.2 Å². The van der Waals surface area contributed by atoms with Gasteiger partial charge in [-0.15, -0.1) is 0 Å². The van der Waals surface area contributed by atoms with E-state index in [2.05, 4.69) is 17.3 Å². The lowest BCUT2D eigenvalue weighted by Gasteiger charge is -2.31. The largest absolute Gasteiger partial charge is 0.315 e. The molecule has 1 amide bonds. The number of carbonyl (C=O) groups excluding carboxylic acids is 1. The molecule has 0 spiro atoms. The number of amides is 1. The van der Waals surface area contributed by atoms with Gasteiger partial charge in [-0.1, -0.05) is 6.07 Å². The molecule has 0 saturated carbocycles. The molecule has 0 aliphatic carbocycles. The van der Waals surface area contributed by atoms with Crippen LogP contribution in [0.1, 0.15) is 6.42 Å². The number of hydrogen-bond donors (Lipinski definition) is 1. The molecular formula is C14H20FN3O. The predicted octanol–water partition coefficient (Wildman–Crippen LogP) is 1.08. The molecule has 1 unspecified atom stereocenters. The van der Waals surface area contributed by atoms with Crippen molar-refractivity contribution in [2.24, 2.45) is 0 Å². The maximum Gasteiger partial charge on any atom is 0.228 e. The Labute approximate surface area is 113 Å². The van der Waals surface area contributed by atoms with Crippen LogP contribution in [0.25, 0.3) is 0 Å². The molecule has 4 nitrogen and oxygen atoms in total. The Hall–Kier alpha value is -1.46. The molecule has 0 bridgehead atoms. The Morgan fingerprint density at radius 3 is 3.05 bits per heavy atom. The number of piperazine rings is 1. The lowest BCUT2D eigenvalue weighted by molar-refractivity contribution is -0.119. The molecule has 0 aromatic heterocycles. The first kappa shape index (κ1) is 14.0. The molecule has 1 heterocycles. The summed E-state index contributed by atoms with van der Waals surface area (Å²) in [5.74, 6) is -0.328. The van der Waals surface area contributed by atoms with Crippen LogP contribution >= 0.6 is 0 Å². The zero-order valence-electron chi connectivity index (χ0n) is 11.4. The molecular weight excluding hydrogens is 245 g/mol. The van der Waals surface area contributed by atoms with Crippen LogP contribution in [-0.2, 0) is 4.79 Å². The molecule has 2 rings (SSSR count). The van der Waals surface area contributed by atoms with Gasteiger partial charge < -0.3 is 15.1 Å². The highest BCUT2D eigenvalue weighted by atomic mass is 19.1. The van der Waals surface area contributed by atoms with E-state index >= 15 is 0 Å². The predicted molar refractivity (Wildman–Crippen MR) is 73.7 cm³/mol. The van der Waals surface area contributed by atoms with Gasteiger partial charge in [0.2, 0.25) is 5.91 Å². The van der Waals surface area contributed by atoms with E-state index in [1.807, 2.05) is 0 Å². The van der Waals surface area contributed by atoms with Gasteiger partial charge in [-0.05, 0) is 25.2 Å². The summed E-state index contributed by atoms with van der Waals surface area (Å²) in [6.07, 6.45) is 0.428. The van der Waals surface area contributed by atoms with Crippen LogP contribution in [0.4, 0.5) is 10.1 Å².